The number of aromatic nitrogens is 2. The highest BCUT2D eigenvalue weighted by Crippen LogP contribution is 2.34. The lowest BCUT2D eigenvalue weighted by atomic mass is 9.96. The Kier molecular flexibility index (Phi) is 4.44. The van der Waals surface area contributed by atoms with E-state index in [1.807, 2.05) is 19.1 Å². The summed E-state index contributed by atoms with van der Waals surface area (Å²) in [6.07, 6.45) is 1.38. The number of hydrogen-bond donors (Lipinski definition) is 0. The maximum absolute atomic E-state index is 12.0. The molecule has 1 saturated heterocycles. The van der Waals surface area contributed by atoms with Gasteiger partial charge in [-0.1, -0.05) is 30.7 Å². The molecular formula is C19H21ClN4O2. The van der Waals surface area contributed by atoms with E-state index in [1.54, 1.807) is 4.90 Å². The number of cyclic esters (lactones) is 1. The van der Waals surface area contributed by atoms with E-state index in [0.29, 0.717) is 24.1 Å². The van der Waals surface area contributed by atoms with Crippen molar-refractivity contribution in [2.45, 2.75) is 33.2 Å². The Hall–Kier alpha value is -2.34. The van der Waals surface area contributed by atoms with Gasteiger partial charge in [-0.3, -0.25) is 4.90 Å². The van der Waals surface area contributed by atoms with Crippen molar-refractivity contribution in [1.82, 2.24) is 9.97 Å². The monoisotopic (exact) mass is 372 g/mol. The quantitative estimate of drug-likeness (QED) is 0.771. The first-order valence-corrected chi connectivity index (χ1v) is 9.29. The molecule has 0 unspecified atom stereocenters. The molecule has 0 spiro atoms. The molecule has 0 aliphatic carbocycles. The highest BCUT2D eigenvalue weighted by Gasteiger charge is 2.29. The molecule has 1 aromatic carbocycles. The summed E-state index contributed by atoms with van der Waals surface area (Å²) in [4.78, 5) is 24.9. The smallest absolute Gasteiger partial charge is 0.414 e. The van der Waals surface area contributed by atoms with E-state index < -0.39 is 0 Å². The summed E-state index contributed by atoms with van der Waals surface area (Å²) in [5.41, 5.74) is 4.39. The second kappa shape index (κ2) is 6.76. The third-order valence-corrected chi connectivity index (χ3v) is 5.31. The molecule has 0 bridgehead atoms. The van der Waals surface area contributed by atoms with Gasteiger partial charge >= 0.3 is 6.09 Å². The van der Waals surface area contributed by atoms with E-state index >= 15 is 0 Å². The van der Waals surface area contributed by atoms with Gasteiger partial charge in [0.25, 0.3) is 0 Å². The SMILES string of the molecule is CCc1c(Cl)nc(C)nc1N1CCc2c(cccc2N2CCOC2=O)C1. The van der Waals surface area contributed by atoms with Gasteiger partial charge in [-0.15, -0.1) is 0 Å². The zero-order chi connectivity index (χ0) is 18.3. The first kappa shape index (κ1) is 17.1. The van der Waals surface area contributed by atoms with E-state index in [-0.39, 0.29) is 6.09 Å². The largest absolute Gasteiger partial charge is 0.447 e. The van der Waals surface area contributed by atoms with Crippen LogP contribution in [-0.4, -0.2) is 35.8 Å². The summed E-state index contributed by atoms with van der Waals surface area (Å²) in [5, 5.41) is 0.536. The molecule has 7 heteroatoms. The Labute approximate surface area is 157 Å². The molecule has 4 rings (SSSR count). The average Bonchev–Trinajstić information content (AvgIpc) is 3.06. The van der Waals surface area contributed by atoms with E-state index in [0.717, 1.165) is 43.0 Å². The van der Waals surface area contributed by atoms with E-state index in [4.69, 9.17) is 16.3 Å². The fraction of sp³-hybridized carbons (Fsp3) is 0.421. The van der Waals surface area contributed by atoms with Gasteiger partial charge in [-0.25, -0.2) is 14.8 Å². The topological polar surface area (TPSA) is 58.6 Å². The van der Waals surface area contributed by atoms with Crippen LogP contribution in [0.3, 0.4) is 0 Å². The molecule has 0 radical (unpaired) electrons. The first-order valence-electron chi connectivity index (χ1n) is 8.91. The van der Waals surface area contributed by atoms with Gasteiger partial charge in [-0.2, -0.15) is 0 Å². The summed E-state index contributed by atoms with van der Waals surface area (Å²) in [6.45, 7) is 6.56. The van der Waals surface area contributed by atoms with Crippen molar-refractivity contribution < 1.29 is 9.53 Å². The van der Waals surface area contributed by atoms with Crippen molar-refractivity contribution in [3.63, 3.8) is 0 Å². The molecule has 2 aliphatic heterocycles. The molecule has 0 atom stereocenters. The van der Waals surface area contributed by atoms with Crippen LogP contribution in [0.25, 0.3) is 0 Å². The number of carbonyl (C=O) groups excluding carboxylic acids is 1. The minimum absolute atomic E-state index is 0.257. The number of aryl methyl sites for hydroxylation is 1. The first-order chi connectivity index (χ1) is 12.6. The number of fused-ring (bicyclic) bond motifs is 1. The van der Waals surface area contributed by atoms with Crippen LogP contribution in [0.5, 0.6) is 0 Å². The van der Waals surface area contributed by atoms with Crippen molar-refractivity contribution in [3.05, 3.63) is 45.9 Å². The molecule has 6 nitrogen and oxygen atoms in total. The van der Waals surface area contributed by atoms with Crippen molar-refractivity contribution in [3.8, 4) is 0 Å². The van der Waals surface area contributed by atoms with Crippen LogP contribution in [0.4, 0.5) is 16.3 Å². The summed E-state index contributed by atoms with van der Waals surface area (Å²) in [5.74, 6) is 1.60. The van der Waals surface area contributed by atoms with Crippen molar-refractivity contribution in [2.24, 2.45) is 0 Å². The number of carbonyl (C=O) groups is 1. The summed E-state index contributed by atoms with van der Waals surface area (Å²) >= 11 is 6.35. The highest BCUT2D eigenvalue weighted by molar-refractivity contribution is 6.30. The maximum atomic E-state index is 12.0. The van der Waals surface area contributed by atoms with Gasteiger partial charge in [0, 0.05) is 18.7 Å². The molecule has 2 aromatic rings. The number of benzene rings is 1. The van der Waals surface area contributed by atoms with Crippen LogP contribution in [0.15, 0.2) is 18.2 Å². The predicted octanol–water partition coefficient (Wildman–Crippen LogP) is 3.52. The van der Waals surface area contributed by atoms with Crippen LogP contribution in [0.1, 0.15) is 29.4 Å². The number of rotatable bonds is 3. The number of anilines is 2. The number of ether oxygens (including phenoxy) is 1. The van der Waals surface area contributed by atoms with Crippen molar-refractivity contribution >= 4 is 29.2 Å². The third kappa shape index (κ3) is 2.88. The van der Waals surface area contributed by atoms with Gasteiger partial charge in [0.1, 0.15) is 23.4 Å². The molecule has 1 fully saturated rings. The molecule has 0 N–H and O–H groups in total. The van der Waals surface area contributed by atoms with E-state index in [2.05, 4.69) is 27.9 Å². The van der Waals surface area contributed by atoms with E-state index in [9.17, 15) is 4.79 Å². The Morgan fingerprint density at radius 1 is 1.27 bits per heavy atom. The van der Waals surface area contributed by atoms with Gasteiger partial charge < -0.3 is 9.64 Å². The zero-order valence-electron chi connectivity index (χ0n) is 15.0. The highest BCUT2D eigenvalue weighted by atomic mass is 35.5. The van der Waals surface area contributed by atoms with Gasteiger partial charge in [0.2, 0.25) is 0 Å². The van der Waals surface area contributed by atoms with Crippen LogP contribution in [-0.2, 0) is 24.1 Å². The number of nitrogens with zero attached hydrogens (tertiary/aromatic N) is 4. The second-order valence-electron chi connectivity index (χ2n) is 6.57. The maximum Gasteiger partial charge on any atom is 0.414 e. The molecular weight excluding hydrogens is 352 g/mol. The molecule has 136 valence electrons. The molecule has 0 saturated carbocycles. The normalized spacial score (nSPS) is 16.7. The van der Waals surface area contributed by atoms with Crippen molar-refractivity contribution in [2.75, 3.05) is 29.5 Å². The Morgan fingerprint density at radius 3 is 2.85 bits per heavy atom. The minimum Gasteiger partial charge on any atom is -0.447 e. The predicted molar refractivity (Wildman–Crippen MR) is 101 cm³/mol. The minimum atomic E-state index is -0.257. The van der Waals surface area contributed by atoms with Crippen molar-refractivity contribution in [1.29, 1.82) is 0 Å². The molecule has 3 heterocycles. The van der Waals surface area contributed by atoms with Crippen LogP contribution in [0, 0.1) is 6.92 Å². The second-order valence-corrected chi connectivity index (χ2v) is 6.93. The molecule has 26 heavy (non-hydrogen) atoms. The summed E-state index contributed by atoms with van der Waals surface area (Å²) in [6, 6.07) is 6.13. The van der Waals surface area contributed by atoms with Gasteiger partial charge in [0.15, 0.2) is 0 Å². The zero-order valence-corrected chi connectivity index (χ0v) is 15.7. The number of amides is 1. The Morgan fingerprint density at radius 2 is 2.12 bits per heavy atom. The lowest BCUT2D eigenvalue weighted by Crippen LogP contribution is -2.34. The average molecular weight is 373 g/mol. The lowest BCUT2D eigenvalue weighted by molar-refractivity contribution is 0.181. The van der Waals surface area contributed by atoms with Crippen LogP contribution in [0.2, 0.25) is 5.15 Å². The van der Waals surface area contributed by atoms with Crippen LogP contribution < -0.4 is 9.80 Å². The lowest BCUT2D eigenvalue weighted by Gasteiger charge is -2.33. The Balaban J connectivity index is 1.69. The standard InChI is InChI=1S/C19H21ClN4O2/c1-3-14-17(20)21-12(2)22-18(14)23-8-7-15-13(11-23)5-4-6-16(15)24-9-10-26-19(24)25/h4-6H,3,7-11H2,1-2H3. The van der Waals surface area contributed by atoms with E-state index in [1.165, 1.54) is 11.1 Å². The van der Waals surface area contributed by atoms with Gasteiger partial charge in [-0.05, 0) is 37.0 Å². The Bertz CT molecular complexity index is 871. The number of hydrogen-bond acceptors (Lipinski definition) is 5. The summed E-state index contributed by atoms with van der Waals surface area (Å²) < 4.78 is 5.10. The van der Waals surface area contributed by atoms with Crippen LogP contribution >= 0.6 is 11.6 Å². The fourth-order valence-corrected chi connectivity index (χ4v) is 4.09. The number of halogens is 1. The van der Waals surface area contributed by atoms with Gasteiger partial charge in [0.05, 0.1) is 12.2 Å². The summed E-state index contributed by atoms with van der Waals surface area (Å²) in [7, 11) is 0. The molecule has 1 amide bonds. The molecule has 2 aliphatic rings. The fourth-order valence-electron chi connectivity index (χ4n) is 3.75. The molecule has 1 aromatic heterocycles. The third-order valence-electron chi connectivity index (χ3n) is 4.99.